The van der Waals surface area contributed by atoms with Crippen molar-refractivity contribution in [1.29, 1.82) is 0 Å². The van der Waals surface area contributed by atoms with Gasteiger partial charge in [-0.15, -0.1) is 0 Å². The van der Waals surface area contributed by atoms with E-state index >= 15 is 8.78 Å². The first-order valence-electron chi connectivity index (χ1n) is 13.8. The molecule has 0 bridgehead atoms. The second kappa shape index (κ2) is 12.2. The fourth-order valence-corrected chi connectivity index (χ4v) is 5.27. The van der Waals surface area contributed by atoms with Crippen molar-refractivity contribution in [2.45, 2.75) is 25.6 Å². The molecule has 0 aliphatic carbocycles. The number of nitrogens with zero attached hydrogens (tertiary/aromatic N) is 5. The third-order valence-electron chi connectivity index (χ3n) is 7.87. The van der Waals surface area contributed by atoms with Crippen molar-refractivity contribution >= 4 is 28.8 Å². The van der Waals surface area contributed by atoms with Crippen molar-refractivity contribution in [3.63, 3.8) is 0 Å². The van der Waals surface area contributed by atoms with Crippen molar-refractivity contribution in [3.05, 3.63) is 75.5 Å². The van der Waals surface area contributed by atoms with Crippen LogP contribution >= 0.6 is 0 Å². The Bertz CT molecular complexity index is 1640. The number of pyridine rings is 1. The zero-order valence-corrected chi connectivity index (χ0v) is 24.1. The smallest absolute Gasteiger partial charge is 0.417 e. The molecule has 3 aromatic rings. The van der Waals surface area contributed by atoms with Gasteiger partial charge in [-0.05, 0) is 26.0 Å². The Balaban J connectivity index is 1.53. The molecule has 2 aliphatic heterocycles. The van der Waals surface area contributed by atoms with E-state index in [1.54, 1.807) is 15.9 Å². The highest BCUT2D eigenvalue weighted by Gasteiger charge is 2.37. The summed E-state index contributed by atoms with van der Waals surface area (Å²) in [5.74, 6) is -2.43. The molecule has 1 amide bonds. The zero-order valence-electron chi connectivity index (χ0n) is 24.1. The Morgan fingerprint density at radius 1 is 1.11 bits per heavy atom. The molecule has 15 heteroatoms. The number of H-pyrrole nitrogens is 1. The lowest BCUT2D eigenvalue weighted by Crippen LogP contribution is -2.50. The molecule has 44 heavy (non-hydrogen) atoms. The van der Waals surface area contributed by atoms with Crippen LogP contribution in [-0.2, 0) is 6.18 Å². The normalized spacial score (nSPS) is 17.8. The van der Waals surface area contributed by atoms with Crippen LogP contribution in [0.2, 0.25) is 0 Å². The molecule has 1 saturated heterocycles. The van der Waals surface area contributed by atoms with E-state index in [0.29, 0.717) is 49.6 Å². The first kappa shape index (κ1) is 30.9. The number of nitrogens with one attached hydrogen (secondary N) is 2. The van der Waals surface area contributed by atoms with Gasteiger partial charge in [-0.2, -0.15) is 13.2 Å². The number of methoxy groups -OCH3 is 1. The van der Waals surface area contributed by atoms with Crippen molar-refractivity contribution in [3.8, 4) is 5.75 Å². The molecule has 1 aromatic carbocycles. The summed E-state index contributed by atoms with van der Waals surface area (Å²) in [7, 11) is 3.39. The average molecular weight is 620 g/mol. The van der Waals surface area contributed by atoms with Crippen molar-refractivity contribution in [1.82, 2.24) is 19.9 Å². The highest BCUT2D eigenvalue weighted by atomic mass is 19.4. The molecule has 0 saturated carbocycles. The number of hydrogen-bond donors (Lipinski definition) is 2. The Labute approximate surface area is 249 Å². The minimum absolute atomic E-state index is 0.000276. The SMILES string of the molecule is COc1cnc(N2CC=C(c3c(F)cc(N4CCN(C)C(C)C4)c(NC(=O)c4c[nH]c(=O)cc4C(F)(F)F)c3F)CC2)nc1. The van der Waals surface area contributed by atoms with E-state index in [0.717, 1.165) is 6.07 Å². The third kappa shape index (κ3) is 6.23. The zero-order chi connectivity index (χ0) is 31.8. The third-order valence-corrected chi connectivity index (χ3v) is 7.87. The lowest BCUT2D eigenvalue weighted by Gasteiger charge is -2.40. The molecule has 5 rings (SSSR count). The molecule has 234 valence electrons. The van der Waals surface area contributed by atoms with Crippen molar-refractivity contribution in [2.75, 3.05) is 62.0 Å². The predicted octanol–water partition coefficient (Wildman–Crippen LogP) is 4.16. The molecule has 4 heterocycles. The number of hydrogen-bond acceptors (Lipinski definition) is 8. The maximum atomic E-state index is 16.4. The largest absolute Gasteiger partial charge is 0.494 e. The fourth-order valence-electron chi connectivity index (χ4n) is 5.27. The van der Waals surface area contributed by atoms with Gasteiger partial charge in [0.1, 0.15) is 11.5 Å². The number of piperazine rings is 1. The number of alkyl halides is 3. The molecule has 10 nitrogen and oxygen atoms in total. The molecule has 2 aromatic heterocycles. The predicted molar refractivity (Wildman–Crippen MR) is 154 cm³/mol. The van der Waals surface area contributed by atoms with Gasteiger partial charge in [0.2, 0.25) is 11.5 Å². The number of anilines is 3. The van der Waals surface area contributed by atoms with Gasteiger partial charge >= 0.3 is 6.18 Å². The number of carbonyl (C=O) groups is 1. The van der Waals surface area contributed by atoms with Gasteiger partial charge in [-0.25, -0.2) is 18.7 Å². The maximum Gasteiger partial charge on any atom is 0.417 e. The fraction of sp³-hybridized carbons (Fsp3) is 0.379. The van der Waals surface area contributed by atoms with Gasteiger partial charge < -0.3 is 29.7 Å². The second-order valence-corrected chi connectivity index (χ2v) is 10.6. The van der Waals surface area contributed by atoms with E-state index in [4.69, 9.17) is 4.74 Å². The van der Waals surface area contributed by atoms with E-state index in [2.05, 4.69) is 25.2 Å². The van der Waals surface area contributed by atoms with Gasteiger partial charge in [0.05, 0.1) is 41.9 Å². The summed E-state index contributed by atoms with van der Waals surface area (Å²) in [5.41, 5.74) is -3.98. The summed E-state index contributed by atoms with van der Waals surface area (Å²) in [5, 5.41) is 2.28. The number of aromatic amines is 1. The average Bonchev–Trinajstić information content (AvgIpc) is 2.99. The maximum absolute atomic E-state index is 16.4. The summed E-state index contributed by atoms with van der Waals surface area (Å²) in [6, 6.07) is 1.35. The quantitative estimate of drug-likeness (QED) is 0.397. The van der Waals surface area contributed by atoms with Crippen molar-refractivity contribution < 1.29 is 31.5 Å². The minimum atomic E-state index is -5.03. The lowest BCUT2D eigenvalue weighted by molar-refractivity contribution is -0.138. The van der Waals surface area contributed by atoms with Crippen LogP contribution in [0, 0.1) is 11.6 Å². The number of aromatic nitrogens is 3. The number of rotatable bonds is 6. The first-order valence-corrected chi connectivity index (χ1v) is 13.8. The van der Waals surface area contributed by atoms with Gasteiger partial charge in [-0.3, -0.25) is 9.59 Å². The monoisotopic (exact) mass is 619 g/mol. The number of halogens is 5. The summed E-state index contributed by atoms with van der Waals surface area (Å²) >= 11 is 0. The Morgan fingerprint density at radius 2 is 1.84 bits per heavy atom. The molecule has 0 spiro atoms. The molecule has 1 unspecified atom stereocenters. The highest BCUT2D eigenvalue weighted by molar-refractivity contribution is 6.07. The Kier molecular flexibility index (Phi) is 8.59. The standard InChI is InChI=1S/C29H30F5N7O3/c1-16-15-41(9-8-39(16)2)22-11-21(30)24(17-4-6-40(7-5-17)28-36-12-18(44-3)13-37-28)25(31)26(22)38-27(43)19-14-35-23(42)10-20(19)29(32,33)34/h4,10-14,16H,5-9,15H2,1-3H3,(H,35,42)(H,38,43). The van der Waals surface area contributed by atoms with Crippen LogP contribution in [0.1, 0.15) is 34.8 Å². The van der Waals surface area contributed by atoms with E-state index < -0.39 is 46.1 Å². The first-order chi connectivity index (χ1) is 20.9. The van der Waals surface area contributed by atoms with Gasteiger partial charge in [0.15, 0.2) is 11.6 Å². The highest BCUT2D eigenvalue weighted by Crippen LogP contribution is 2.39. The topological polar surface area (TPSA) is 107 Å². The van der Waals surface area contributed by atoms with Crippen LogP contribution in [0.4, 0.5) is 39.3 Å². The van der Waals surface area contributed by atoms with Crippen LogP contribution in [0.25, 0.3) is 5.57 Å². The number of amides is 1. The molecule has 0 radical (unpaired) electrons. The molecule has 2 N–H and O–H groups in total. The molecule has 2 aliphatic rings. The number of likely N-dealkylation sites (N-methyl/N-ethyl adjacent to an activating group) is 1. The number of carbonyl (C=O) groups excluding carboxylic acids is 1. The van der Waals surface area contributed by atoms with E-state index in [1.807, 2.05) is 14.0 Å². The number of benzene rings is 1. The van der Waals surface area contributed by atoms with E-state index in [-0.39, 0.29) is 36.3 Å². The Morgan fingerprint density at radius 3 is 2.45 bits per heavy atom. The van der Waals surface area contributed by atoms with Crippen LogP contribution < -0.4 is 25.4 Å². The summed E-state index contributed by atoms with van der Waals surface area (Å²) in [6.07, 6.45) is 0.404. The molecule has 1 atom stereocenters. The van der Waals surface area contributed by atoms with E-state index in [1.165, 1.54) is 19.5 Å². The van der Waals surface area contributed by atoms with Gasteiger partial charge in [0, 0.05) is 57.1 Å². The van der Waals surface area contributed by atoms with E-state index in [9.17, 15) is 22.8 Å². The Hall–Kier alpha value is -4.53. The van der Waals surface area contributed by atoms with Crippen LogP contribution in [-0.4, -0.2) is 78.7 Å². The minimum Gasteiger partial charge on any atom is -0.494 e. The summed E-state index contributed by atoms with van der Waals surface area (Å²) < 4.78 is 78.4. The van der Waals surface area contributed by atoms with Gasteiger partial charge in [0.25, 0.3) is 5.91 Å². The molecule has 1 fully saturated rings. The summed E-state index contributed by atoms with van der Waals surface area (Å²) in [4.78, 5) is 41.0. The van der Waals surface area contributed by atoms with Crippen LogP contribution in [0.3, 0.4) is 0 Å². The summed E-state index contributed by atoms with van der Waals surface area (Å²) in [6.45, 7) is 3.73. The molecular weight excluding hydrogens is 589 g/mol. The van der Waals surface area contributed by atoms with Crippen LogP contribution in [0.15, 0.2) is 41.6 Å². The lowest BCUT2D eigenvalue weighted by atomic mass is 9.96. The molecular formula is C29H30F5N7O3. The second-order valence-electron chi connectivity index (χ2n) is 10.6. The number of ether oxygens (including phenoxy) is 1. The van der Waals surface area contributed by atoms with Crippen molar-refractivity contribution in [2.24, 2.45) is 0 Å². The van der Waals surface area contributed by atoms with Gasteiger partial charge in [-0.1, -0.05) is 6.08 Å². The van der Waals surface area contributed by atoms with Crippen LogP contribution in [0.5, 0.6) is 5.75 Å².